The molecule has 0 aromatic carbocycles. The Kier molecular flexibility index (Phi) is 6.68. The van der Waals surface area contributed by atoms with Gasteiger partial charge in [0.25, 0.3) is 0 Å². The molecule has 2 rings (SSSR count). The van der Waals surface area contributed by atoms with Crippen molar-refractivity contribution in [2.75, 3.05) is 20.1 Å². The molecule has 0 radical (unpaired) electrons. The van der Waals surface area contributed by atoms with Crippen LogP contribution in [0.25, 0.3) is 0 Å². The first-order valence-corrected chi connectivity index (χ1v) is 6.72. The highest BCUT2D eigenvalue weighted by molar-refractivity contribution is 5.85. The number of likely N-dealkylation sites (N-methyl/N-ethyl adjacent to an activating group) is 1. The number of hydrogen-bond donors (Lipinski definition) is 1. The zero-order valence-corrected chi connectivity index (χ0v) is 12.2. The van der Waals surface area contributed by atoms with Crippen molar-refractivity contribution in [3.05, 3.63) is 18.0 Å². The Bertz CT molecular complexity index is 339. The fourth-order valence-corrected chi connectivity index (χ4v) is 2.53. The number of hydrogen-bond acceptors (Lipinski definition) is 3. The van der Waals surface area contributed by atoms with Crippen LogP contribution in [0.3, 0.4) is 0 Å². The van der Waals surface area contributed by atoms with Crippen molar-refractivity contribution >= 4 is 12.4 Å². The monoisotopic (exact) mass is 272 g/mol. The van der Waals surface area contributed by atoms with E-state index in [0.717, 1.165) is 26.1 Å². The van der Waals surface area contributed by atoms with Crippen LogP contribution >= 0.6 is 12.4 Å². The van der Waals surface area contributed by atoms with E-state index in [9.17, 15) is 0 Å². The summed E-state index contributed by atoms with van der Waals surface area (Å²) in [5.74, 6) is 0. The lowest BCUT2D eigenvalue weighted by atomic mass is 10.1. The van der Waals surface area contributed by atoms with Gasteiger partial charge in [0.05, 0.1) is 6.20 Å². The van der Waals surface area contributed by atoms with E-state index < -0.39 is 0 Å². The molecular formula is C13H25ClN4. The summed E-state index contributed by atoms with van der Waals surface area (Å²) in [6, 6.07) is 0.662. The Balaban J connectivity index is 0.00000162. The van der Waals surface area contributed by atoms with Gasteiger partial charge >= 0.3 is 0 Å². The van der Waals surface area contributed by atoms with Crippen LogP contribution in [0.4, 0.5) is 0 Å². The molecule has 1 aromatic rings. The van der Waals surface area contributed by atoms with Crippen molar-refractivity contribution in [3.8, 4) is 0 Å². The fourth-order valence-electron chi connectivity index (χ4n) is 2.53. The Labute approximate surface area is 116 Å². The maximum Gasteiger partial charge on any atom is 0.0534 e. The molecule has 1 unspecified atom stereocenters. The Hall–Kier alpha value is -0.580. The summed E-state index contributed by atoms with van der Waals surface area (Å²) in [6.45, 7) is 6.64. The van der Waals surface area contributed by atoms with E-state index >= 15 is 0 Å². The lowest BCUT2D eigenvalue weighted by Crippen LogP contribution is -2.43. The molecule has 0 amide bonds. The highest BCUT2D eigenvalue weighted by Crippen LogP contribution is 2.13. The first-order chi connectivity index (χ1) is 8.31. The molecule has 2 heterocycles. The van der Waals surface area contributed by atoms with E-state index in [4.69, 9.17) is 0 Å². The number of nitrogens with zero attached hydrogens (tertiary/aromatic N) is 3. The third-order valence-electron chi connectivity index (χ3n) is 3.46. The van der Waals surface area contributed by atoms with E-state index in [1.54, 1.807) is 0 Å². The summed E-state index contributed by atoms with van der Waals surface area (Å²) in [6.07, 6.45) is 7.95. The summed E-state index contributed by atoms with van der Waals surface area (Å²) >= 11 is 0. The summed E-state index contributed by atoms with van der Waals surface area (Å²) < 4.78 is 2.05. The second kappa shape index (κ2) is 7.77. The van der Waals surface area contributed by atoms with Gasteiger partial charge in [0.2, 0.25) is 0 Å². The van der Waals surface area contributed by atoms with E-state index in [1.807, 2.05) is 6.20 Å². The van der Waals surface area contributed by atoms with Crippen LogP contribution in [-0.2, 0) is 13.1 Å². The number of piperidine rings is 1. The maximum atomic E-state index is 4.38. The van der Waals surface area contributed by atoms with Gasteiger partial charge in [-0.05, 0) is 32.9 Å². The summed E-state index contributed by atoms with van der Waals surface area (Å²) in [7, 11) is 2.06. The minimum atomic E-state index is 0. The van der Waals surface area contributed by atoms with Crippen LogP contribution < -0.4 is 5.32 Å². The van der Waals surface area contributed by atoms with Gasteiger partial charge in [-0.15, -0.1) is 12.4 Å². The molecule has 1 aliphatic rings. The molecule has 0 saturated carbocycles. The molecule has 1 aromatic heterocycles. The largest absolute Gasteiger partial charge is 0.316 e. The fraction of sp³-hybridized carbons (Fsp3) is 0.769. The first kappa shape index (κ1) is 15.5. The Morgan fingerprint density at radius 1 is 1.50 bits per heavy atom. The average Bonchev–Trinajstić information content (AvgIpc) is 2.77. The van der Waals surface area contributed by atoms with Gasteiger partial charge in [0, 0.05) is 37.4 Å². The molecule has 104 valence electrons. The van der Waals surface area contributed by atoms with Crippen LogP contribution in [0, 0.1) is 0 Å². The lowest BCUT2D eigenvalue weighted by Gasteiger charge is -2.32. The number of aryl methyl sites for hydroxylation is 1. The second-order valence-corrected chi connectivity index (χ2v) is 4.97. The molecule has 5 heteroatoms. The van der Waals surface area contributed by atoms with E-state index in [1.165, 1.54) is 24.9 Å². The van der Waals surface area contributed by atoms with Gasteiger partial charge in [0.15, 0.2) is 0 Å². The van der Waals surface area contributed by atoms with E-state index in [-0.39, 0.29) is 12.4 Å². The molecule has 1 saturated heterocycles. The topological polar surface area (TPSA) is 33.1 Å². The van der Waals surface area contributed by atoms with Crippen LogP contribution in [-0.4, -0.2) is 40.9 Å². The van der Waals surface area contributed by atoms with E-state index in [0.29, 0.717) is 6.04 Å². The molecule has 0 aliphatic carbocycles. The molecular weight excluding hydrogens is 248 g/mol. The Morgan fingerprint density at radius 3 is 3.06 bits per heavy atom. The van der Waals surface area contributed by atoms with E-state index in [2.05, 4.69) is 40.2 Å². The quantitative estimate of drug-likeness (QED) is 0.889. The molecule has 18 heavy (non-hydrogen) atoms. The van der Waals surface area contributed by atoms with Crippen LogP contribution in [0.1, 0.15) is 31.7 Å². The van der Waals surface area contributed by atoms with Gasteiger partial charge in [-0.1, -0.05) is 6.92 Å². The molecule has 1 fully saturated rings. The second-order valence-electron chi connectivity index (χ2n) is 4.97. The van der Waals surface area contributed by atoms with Gasteiger partial charge in [-0.3, -0.25) is 9.58 Å². The molecule has 1 N–H and O–H groups in total. The summed E-state index contributed by atoms with van der Waals surface area (Å²) in [4.78, 5) is 2.53. The molecule has 0 bridgehead atoms. The highest BCUT2D eigenvalue weighted by atomic mass is 35.5. The third kappa shape index (κ3) is 4.26. The van der Waals surface area contributed by atoms with Crippen LogP contribution in [0.15, 0.2) is 12.4 Å². The predicted molar refractivity (Wildman–Crippen MR) is 77.1 cm³/mol. The number of nitrogens with one attached hydrogen (secondary N) is 1. The van der Waals surface area contributed by atoms with Gasteiger partial charge < -0.3 is 5.32 Å². The van der Waals surface area contributed by atoms with Crippen molar-refractivity contribution in [1.29, 1.82) is 0 Å². The normalized spacial score (nSPS) is 20.7. The molecule has 4 nitrogen and oxygen atoms in total. The Morgan fingerprint density at radius 2 is 2.33 bits per heavy atom. The smallest absolute Gasteiger partial charge is 0.0534 e. The number of likely N-dealkylation sites (tertiary alicyclic amines) is 1. The van der Waals surface area contributed by atoms with Crippen molar-refractivity contribution < 1.29 is 0 Å². The van der Waals surface area contributed by atoms with Crippen LogP contribution in [0.2, 0.25) is 0 Å². The highest BCUT2D eigenvalue weighted by Gasteiger charge is 2.18. The lowest BCUT2D eigenvalue weighted by molar-refractivity contribution is 0.188. The van der Waals surface area contributed by atoms with Crippen molar-refractivity contribution in [1.82, 2.24) is 20.0 Å². The minimum Gasteiger partial charge on any atom is -0.316 e. The molecule has 1 aliphatic heterocycles. The predicted octanol–water partition coefficient (Wildman–Crippen LogP) is 1.90. The zero-order chi connectivity index (χ0) is 12.1. The summed E-state index contributed by atoms with van der Waals surface area (Å²) in [5, 5.41) is 7.77. The standard InChI is InChI=1S/C13H24N4.ClH/c1-3-6-17-10-12(8-15-17)9-16-7-4-5-13(11-16)14-2;/h8,10,13-14H,3-7,9,11H2,1-2H3;1H. The van der Waals surface area contributed by atoms with Gasteiger partial charge in [-0.2, -0.15) is 5.10 Å². The van der Waals surface area contributed by atoms with Crippen molar-refractivity contribution in [2.24, 2.45) is 0 Å². The van der Waals surface area contributed by atoms with Crippen molar-refractivity contribution in [2.45, 2.75) is 45.3 Å². The first-order valence-electron chi connectivity index (χ1n) is 6.72. The SMILES string of the molecule is CCCn1cc(CN2CCCC(NC)C2)cn1.Cl. The average molecular weight is 273 g/mol. The zero-order valence-electron chi connectivity index (χ0n) is 11.4. The van der Waals surface area contributed by atoms with Gasteiger partial charge in [0.1, 0.15) is 0 Å². The third-order valence-corrected chi connectivity index (χ3v) is 3.46. The number of rotatable bonds is 5. The minimum absolute atomic E-state index is 0. The van der Waals surface area contributed by atoms with Crippen LogP contribution in [0.5, 0.6) is 0 Å². The number of halogens is 1. The molecule has 0 spiro atoms. The van der Waals surface area contributed by atoms with Crippen molar-refractivity contribution in [3.63, 3.8) is 0 Å². The molecule has 1 atom stereocenters. The summed E-state index contributed by atoms with van der Waals surface area (Å²) in [5.41, 5.74) is 1.34. The van der Waals surface area contributed by atoms with Gasteiger partial charge in [-0.25, -0.2) is 0 Å². The number of aromatic nitrogens is 2. The maximum absolute atomic E-state index is 4.38.